The molecular weight excluding hydrogens is 385 g/mol. The molecule has 154 valence electrons. The normalized spacial score (nSPS) is 17.3. The maximum Gasteiger partial charge on any atom is 0.261 e. The summed E-state index contributed by atoms with van der Waals surface area (Å²) in [6.45, 7) is 5.88. The van der Waals surface area contributed by atoms with Gasteiger partial charge in [-0.25, -0.2) is 4.39 Å². The van der Waals surface area contributed by atoms with Gasteiger partial charge in [0.25, 0.3) is 11.8 Å². The minimum Gasteiger partial charge on any atom is -0.298 e. The van der Waals surface area contributed by atoms with Crippen molar-refractivity contribution in [3.63, 3.8) is 0 Å². The zero-order valence-corrected chi connectivity index (χ0v) is 16.7. The number of benzene rings is 2. The van der Waals surface area contributed by atoms with Crippen molar-refractivity contribution >= 4 is 22.7 Å². The fraction of sp³-hybridized carbons (Fsp3) is 0.318. The van der Waals surface area contributed by atoms with Crippen LogP contribution >= 0.6 is 0 Å². The maximum atomic E-state index is 13.6. The quantitative estimate of drug-likeness (QED) is 0.620. The first kappa shape index (κ1) is 18.7. The van der Waals surface area contributed by atoms with Gasteiger partial charge in [-0.05, 0) is 30.7 Å². The van der Waals surface area contributed by atoms with Crippen molar-refractivity contribution in [3.05, 3.63) is 65.1 Å². The zero-order valence-electron chi connectivity index (χ0n) is 16.7. The van der Waals surface area contributed by atoms with Crippen molar-refractivity contribution in [2.24, 2.45) is 0 Å². The molecule has 1 saturated heterocycles. The number of carbonyl (C=O) groups excluding carboxylic acids is 2. The van der Waals surface area contributed by atoms with Gasteiger partial charge in [0.2, 0.25) is 0 Å². The van der Waals surface area contributed by atoms with E-state index >= 15 is 0 Å². The summed E-state index contributed by atoms with van der Waals surface area (Å²) in [5.74, 6) is -0.682. The first-order valence-electron chi connectivity index (χ1n) is 10.1. The number of amides is 2. The Hall–Kier alpha value is -3.26. The number of hydrogen-bond acceptors (Lipinski definition) is 5. The molecule has 0 radical (unpaired) electrons. The third-order valence-corrected chi connectivity index (χ3v) is 5.98. The van der Waals surface area contributed by atoms with Crippen LogP contribution < -0.4 is 5.01 Å². The van der Waals surface area contributed by atoms with E-state index in [1.807, 2.05) is 19.1 Å². The van der Waals surface area contributed by atoms with E-state index in [0.717, 1.165) is 42.6 Å². The number of aromatic nitrogens is 2. The number of fused-ring (bicyclic) bond motifs is 2. The van der Waals surface area contributed by atoms with Gasteiger partial charge < -0.3 is 0 Å². The van der Waals surface area contributed by atoms with Crippen LogP contribution in [0.4, 0.5) is 4.39 Å². The van der Waals surface area contributed by atoms with Gasteiger partial charge in [0.1, 0.15) is 5.82 Å². The molecule has 30 heavy (non-hydrogen) atoms. The van der Waals surface area contributed by atoms with Crippen LogP contribution in [0.5, 0.6) is 0 Å². The molecule has 2 amide bonds. The molecule has 7 nitrogen and oxygen atoms in total. The smallest absolute Gasteiger partial charge is 0.261 e. The fourth-order valence-corrected chi connectivity index (χ4v) is 4.30. The molecule has 0 bridgehead atoms. The van der Waals surface area contributed by atoms with Crippen molar-refractivity contribution in [2.45, 2.75) is 6.92 Å². The van der Waals surface area contributed by atoms with Crippen LogP contribution in [0.1, 0.15) is 26.3 Å². The molecule has 0 spiro atoms. The monoisotopic (exact) mass is 407 g/mol. The van der Waals surface area contributed by atoms with E-state index in [2.05, 4.69) is 15.0 Å². The Balaban J connectivity index is 1.21. The van der Waals surface area contributed by atoms with Crippen LogP contribution in [0.25, 0.3) is 10.9 Å². The number of rotatable bonds is 4. The summed E-state index contributed by atoms with van der Waals surface area (Å²) >= 11 is 0. The first-order chi connectivity index (χ1) is 14.5. The molecule has 2 aliphatic heterocycles. The highest BCUT2D eigenvalue weighted by molar-refractivity contribution is 6.22. The van der Waals surface area contributed by atoms with Crippen LogP contribution in [0.15, 0.2) is 42.6 Å². The van der Waals surface area contributed by atoms with E-state index < -0.39 is 0 Å². The van der Waals surface area contributed by atoms with Gasteiger partial charge in [0, 0.05) is 50.7 Å². The van der Waals surface area contributed by atoms with E-state index in [0.29, 0.717) is 24.2 Å². The second-order valence-electron chi connectivity index (χ2n) is 7.79. The molecule has 2 aliphatic rings. The van der Waals surface area contributed by atoms with Gasteiger partial charge in [-0.15, -0.1) is 0 Å². The minimum atomic E-state index is -0.279. The van der Waals surface area contributed by atoms with Crippen molar-refractivity contribution in [3.8, 4) is 0 Å². The van der Waals surface area contributed by atoms with Gasteiger partial charge in [-0.2, -0.15) is 9.89 Å². The molecule has 0 atom stereocenters. The number of nitrogens with zero attached hydrogens (tertiary/aromatic N) is 5. The van der Waals surface area contributed by atoms with Gasteiger partial charge in [-0.3, -0.25) is 24.4 Å². The van der Waals surface area contributed by atoms with Gasteiger partial charge in [-0.1, -0.05) is 12.1 Å². The molecule has 0 unspecified atom stereocenters. The SMILES string of the molecule is Cc1cccc2c1C(=O)N(CCN1CCN(n3ncc4ccc(F)cc43)CC1)C2=O. The lowest BCUT2D eigenvalue weighted by Crippen LogP contribution is -2.53. The molecule has 5 rings (SSSR count). The summed E-state index contributed by atoms with van der Waals surface area (Å²) in [5, 5.41) is 7.39. The van der Waals surface area contributed by atoms with E-state index in [1.165, 1.54) is 17.0 Å². The third-order valence-electron chi connectivity index (χ3n) is 5.98. The average Bonchev–Trinajstić information content (AvgIpc) is 3.26. The van der Waals surface area contributed by atoms with Crippen LogP contribution in [0.2, 0.25) is 0 Å². The molecule has 1 aromatic heterocycles. The Bertz CT molecular complexity index is 1150. The van der Waals surface area contributed by atoms with Gasteiger partial charge >= 0.3 is 0 Å². The van der Waals surface area contributed by atoms with Gasteiger partial charge in [0.05, 0.1) is 22.8 Å². The predicted octanol–water partition coefficient (Wildman–Crippen LogP) is 2.03. The number of hydrogen-bond donors (Lipinski definition) is 0. The van der Waals surface area contributed by atoms with Crippen molar-refractivity contribution in [1.29, 1.82) is 0 Å². The molecule has 8 heteroatoms. The number of imide groups is 1. The fourth-order valence-electron chi connectivity index (χ4n) is 4.30. The third kappa shape index (κ3) is 3.04. The molecule has 2 aromatic carbocycles. The second-order valence-corrected chi connectivity index (χ2v) is 7.79. The molecule has 1 fully saturated rings. The number of piperazine rings is 1. The summed E-state index contributed by atoms with van der Waals surface area (Å²) in [6.07, 6.45) is 1.74. The van der Waals surface area contributed by atoms with Crippen molar-refractivity contribution < 1.29 is 14.0 Å². The van der Waals surface area contributed by atoms with Crippen LogP contribution in [0.3, 0.4) is 0 Å². The summed E-state index contributed by atoms with van der Waals surface area (Å²) in [6, 6.07) is 10.1. The Kier molecular flexibility index (Phi) is 4.51. The Morgan fingerprint density at radius 1 is 1.00 bits per heavy atom. The summed E-state index contributed by atoms with van der Waals surface area (Å²) < 4.78 is 13.6. The largest absolute Gasteiger partial charge is 0.298 e. The maximum absolute atomic E-state index is 13.6. The standard InChI is InChI=1S/C22H22FN5O2/c1-15-3-2-4-18-20(15)22(30)27(21(18)29)12-9-25-7-10-26(11-8-25)28-19-13-17(23)6-5-16(19)14-24-28/h2-6,13-14H,7-12H2,1H3. The van der Waals surface area contributed by atoms with Crippen molar-refractivity contribution in [1.82, 2.24) is 19.7 Å². The highest BCUT2D eigenvalue weighted by atomic mass is 19.1. The molecule has 3 aromatic rings. The first-order valence-corrected chi connectivity index (χ1v) is 10.1. The van der Waals surface area contributed by atoms with Crippen LogP contribution in [-0.4, -0.2) is 70.8 Å². The van der Waals surface area contributed by atoms with E-state index in [-0.39, 0.29) is 17.6 Å². The summed E-state index contributed by atoms with van der Waals surface area (Å²) in [7, 11) is 0. The lowest BCUT2D eigenvalue weighted by molar-refractivity contribution is 0.0633. The van der Waals surface area contributed by atoms with Gasteiger partial charge in [0.15, 0.2) is 0 Å². The van der Waals surface area contributed by atoms with E-state index in [1.54, 1.807) is 23.1 Å². The summed E-state index contributed by atoms with van der Waals surface area (Å²) in [5.41, 5.74) is 2.63. The summed E-state index contributed by atoms with van der Waals surface area (Å²) in [4.78, 5) is 30.7. The van der Waals surface area contributed by atoms with E-state index in [9.17, 15) is 14.0 Å². The highest BCUT2D eigenvalue weighted by Gasteiger charge is 2.36. The van der Waals surface area contributed by atoms with Crippen molar-refractivity contribution in [2.75, 3.05) is 44.3 Å². The van der Waals surface area contributed by atoms with Crippen LogP contribution in [0, 0.1) is 12.7 Å². The Labute approximate surface area is 173 Å². The molecule has 0 saturated carbocycles. The Morgan fingerprint density at radius 3 is 2.57 bits per heavy atom. The lowest BCUT2D eigenvalue weighted by atomic mass is 10.0. The lowest BCUT2D eigenvalue weighted by Gasteiger charge is -2.36. The molecule has 3 heterocycles. The number of carbonyl (C=O) groups is 2. The topological polar surface area (TPSA) is 61.7 Å². The molecule has 0 aliphatic carbocycles. The predicted molar refractivity (Wildman–Crippen MR) is 111 cm³/mol. The second kappa shape index (κ2) is 7.21. The zero-order chi connectivity index (χ0) is 20.8. The number of halogens is 1. The Morgan fingerprint density at radius 2 is 1.80 bits per heavy atom. The average molecular weight is 407 g/mol. The van der Waals surface area contributed by atoms with Crippen LogP contribution in [-0.2, 0) is 0 Å². The molecule has 0 N–H and O–H groups in total. The number of aryl methyl sites for hydroxylation is 1. The highest BCUT2D eigenvalue weighted by Crippen LogP contribution is 2.25. The van der Waals surface area contributed by atoms with E-state index in [4.69, 9.17) is 0 Å². The minimum absolute atomic E-state index is 0.197. The molecular formula is C22H22FN5O2.